The van der Waals surface area contributed by atoms with E-state index in [-0.39, 0.29) is 30.6 Å². The first-order valence-electron chi connectivity index (χ1n) is 11.0. The maximum absolute atomic E-state index is 12.3. The number of rotatable bonds is 7. The molecule has 2 atom stereocenters. The summed E-state index contributed by atoms with van der Waals surface area (Å²) >= 11 is 6.02. The molecule has 0 spiro atoms. The summed E-state index contributed by atoms with van der Waals surface area (Å²) in [5.41, 5.74) is 5.93. The van der Waals surface area contributed by atoms with E-state index in [4.69, 9.17) is 16.3 Å². The molecule has 2 unspecified atom stereocenters. The molecule has 0 saturated carbocycles. The fourth-order valence-electron chi connectivity index (χ4n) is 4.49. The molecule has 0 aliphatic heterocycles. The van der Waals surface area contributed by atoms with Crippen LogP contribution in [0.25, 0.3) is 22.2 Å². The molecule has 2 heterocycles. The zero-order chi connectivity index (χ0) is 23.7. The molecule has 174 valence electrons. The van der Waals surface area contributed by atoms with Crippen LogP contribution in [0.3, 0.4) is 0 Å². The Balaban J connectivity index is 1.15. The van der Waals surface area contributed by atoms with Crippen molar-refractivity contribution < 1.29 is 19.7 Å². The molecule has 2 aromatic carbocycles. The zero-order valence-electron chi connectivity index (χ0n) is 18.1. The number of amides is 1. The zero-order valence-corrected chi connectivity index (χ0v) is 18.9. The second-order valence-electron chi connectivity index (χ2n) is 8.19. The molecule has 1 aliphatic carbocycles. The average Bonchev–Trinajstić information content (AvgIpc) is 3.43. The number of nitrogens with one attached hydrogen (secondary N) is 2. The van der Waals surface area contributed by atoms with Gasteiger partial charge in [0.05, 0.1) is 11.6 Å². The maximum Gasteiger partial charge on any atom is 0.407 e. The fourth-order valence-corrected chi connectivity index (χ4v) is 4.68. The van der Waals surface area contributed by atoms with Crippen molar-refractivity contribution in [3.8, 4) is 11.1 Å². The fraction of sp³-hybridized carbons (Fsp3) is 0.240. The molecule has 1 amide bonds. The van der Waals surface area contributed by atoms with Gasteiger partial charge >= 0.3 is 6.09 Å². The van der Waals surface area contributed by atoms with Gasteiger partial charge in [0.15, 0.2) is 5.15 Å². The Labute approximate surface area is 200 Å². The summed E-state index contributed by atoms with van der Waals surface area (Å²) in [6, 6.07) is 16.2. The van der Waals surface area contributed by atoms with E-state index in [2.05, 4.69) is 44.5 Å². The van der Waals surface area contributed by atoms with E-state index in [1.165, 1.54) is 12.5 Å². The molecule has 0 bridgehead atoms. The number of aliphatic hydroxyl groups is 2. The van der Waals surface area contributed by atoms with Crippen molar-refractivity contribution in [1.82, 2.24) is 20.3 Å². The highest BCUT2D eigenvalue weighted by atomic mass is 35.5. The minimum atomic E-state index is -1.20. The summed E-state index contributed by atoms with van der Waals surface area (Å²) < 4.78 is 5.49. The summed E-state index contributed by atoms with van der Waals surface area (Å²) in [6.07, 6.45) is 0.0511. The van der Waals surface area contributed by atoms with E-state index in [9.17, 15) is 15.0 Å². The first kappa shape index (κ1) is 22.3. The van der Waals surface area contributed by atoms with Crippen LogP contribution in [0.5, 0.6) is 0 Å². The number of aliphatic hydroxyl groups excluding tert-OH is 2. The molecule has 34 heavy (non-hydrogen) atoms. The molecule has 0 fully saturated rings. The van der Waals surface area contributed by atoms with Gasteiger partial charge in [-0.15, -0.1) is 0 Å². The molecule has 2 aromatic heterocycles. The number of hydrogen-bond acceptors (Lipinski definition) is 6. The van der Waals surface area contributed by atoms with Gasteiger partial charge in [-0.3, -0.25) is 0 Å². The number of carbonyl (C=O) groups excluding carboxylic acids is 1. The lowest BCUT2D eigenvalue weighted by molar-refractivity contribution is 0.0144. The number of nitrogens with zero attached hydrogens (tertiary/aromatic N) is 2. The highest BCUT2D eigenvalue weighted by Crippen LogP contribution is 2.44. The van der Waals surface area contributed by atoms with Gasteiger partial charge in [-0.25, -0.2) is 14.8 Å². The molecule has 5 rings (SSSR count). The summed E-state index contributed by atoms with van der Waals surface area (Å²) in [7, 11) is 0. The summed E-state index contributed by atoms with van der Waals surface area (Å²) in [6.45, 7) is 0.341. The van der Waals surface area contributed by atoms with Crippen molar-refractivity contribution in [3.63, 3.8) is 0 Å². The first-order chi connectivity index (χ1) is 16.5. The van der Waals surface area contributed by atoms with E-state index in [1.807, 2.05) is 24.3 Å². The van der Waals surface area contributed by atoms with Gasteiger partial charge in [0.1, 0.15) is 24.6 Å². The Hall–Kier alpha value is -3.46. The van der Waals surface area contributed by atoms with Crippen molar-refractivity contribution in [3.05, 3.63) is 82.9 Å². The van der Waals surface area contributed by atoms with Crippen molar-refractivity contribution in [2.45, 2.75) is 24.5 Å². The van der Waals surface area contributed by atoms with Crippen molar-refractivity contribution >= 4 is 28.7 Å². The summed E-state index contributed by atoms with van der Waals surface area (Å²) in [5.74, 6) is -0.0266. The third-order valence-corrected chi connectivity index (χ3v) is 6.47. The average molecular weight is 479 g/mol. The van der Waals surface area contributed by atoms with Gasteiger partial charge in [0, 0.05) is 24.2 Å². The van der Waals surface area contributed by atoms with E-state index < -0.39 is 18.3 Å². The topological polar surface area (TPSA) is 120 Å². The molecular formula is C25H23ClN4O4. The van der Waals surface area contributed by atoms with Gasteiger partial charge < -0.3 is 25.3 Å². The SMILES string of the molecule is O=C(NCCC(O)C(O)c1c[nH]c2c(Cl)ncnc12)OCC1c2ccccc2-c2ccccc21. The number of benzene rings is 2. The maximum atomic E-state index is 12.3. The van der Waals surface area contributed by atoms with Crippen LogP contribution in [0.1, 0.15) is 35.1 Å². The number of carbonyl (C=O) groups is 1. The molecule has 0 radical (unpaired) electrons. The molecule has 8 nitrogen and oxygen atoms in total. The minimum absolute atomic E-state index is 0.0266. The number of fused-ring (bicyclic) bond motifs is 4. The Morgan fingerprint density at radius 3 is 2.47 bits per heavy atom. The van der Waals surface area contributed by atoms with Crippen molar-refractivity contribution in [1.29, 1.82) is 0 Å². The third kappa shape index (κ3) is 4.11. The predicted molar refractivity (Wildman–Crippen MR) is 128 cm³/mol. The lowest BCUT2D eigenvalue weighted by atomic mass is 9.98. The van der Waals surface area contributed by atoms with Crippen LogP contribution in [0.15, 0.2) is 61.1 Å². The number of aromatic nitrogens is 3. The normalized spacial score (nSPS) is 14.4. The Morgan fingerprint density at radius 1 is 1.09 bits per heavy atom. The first-order valence-corrected chi connectivity index (χ1v) is 11.3. The Kier molecular flexibility index (Phi) is 6.19. The van der Waals surface area contributed by atoms with Crippen LogP contribution in [-0.4, -0.2) is 50.5 Å². The second-order valence-corrected chi connectivity index (χ2v) is 8.54. The Morgan fingerprint density at radius 2 is 1.76 bits per heavy atom. The molecule has 1 aliphatic rings. The van der Waals surface area contributed by atoms with Gasteiger partial charge in [-0.2, -0.15) is 0 Å². The van der Waals surface area contributed by atoms with Gasteiger partial charge in [-0.1, -0.05) is 60.1 Å². The second kappa shape index (κ2) is 9.42. The standard InChI is InChI=1S/C25H23ClN4O4/c26-24-22-21(29-13-30-24)18(11-28-22)23(32)20(31)9-10-27-25(33)34-12-19-16-7-3-1-5-14(16)15-6-2-4-8-17(15)19/h1-8,11,13,19-20,23,28,31-32H,9-10,12H2,(H,27,33). The lowest BCUT2D eigenvalue weighted by Gasteiger charge is -2.18. The minimum Gasteiger partial charge on any atom is -0.449 e. The smallest absolute Gasteiger partial charge is 0.407 e. The summed E-state index contributed by atoms with van der Waals surface area (Å²) in [4.78, 5) is 23.2. The highest BCUT2D eigenvalue weighted by molar-refractivity contribution is 6.33. The number of halogens is 1. The number of alkyl carbamates (subject to hydrolysis) is 1. The van der Waals surface area contributed by atoms with E-state index in [1.54, 1.807) is 0 Å². The van der Waals surface area contributed by atoms with Crippen LogP contribution in [0, 0.1) is 0 Å². The van der Waals surface area contributed by atoms with Crippen LogP contribution < -0.4 is 5.32 Å². The van der Waals surface area contributed by atoms with E-state index in [0.717, 1.165) is 22.3 Å². The van der Waals surface area contributed by atoms with Gasteiger partial charge in [0.25, 0.3) is 0 Å². The third-order valence-electron chi connectivity index (χ3n) is 6.18. The quantitative estimate of drug-likeness (QED) is 0.299. The highest BCUT2D eigenvalue weighted by Gasteiger charge is 2.29. The molecule has 4 N–H and O–H groups in total. The molecule has 0 saturated heterocycles. The molecule has 9 heteroatoms. The van der Waals surface area contributed by atoms with E-state index >= 15 is 0 Å². The number of aromatic amines is 1. The van der Waals surface area contributed by atoms with Crippen LogP contribution >= 0.6 is 11.6 Å². The number of hydrogen-bond donors (Lipinski definition) is 4. The van der Waals surface area contributed by atoms with Gasteiger partial charge in [-0.05, 0) is 28.7 Å². The lowest BCUT2D eigenvalue weighted by Crippen LogP contribution is -2.30. The number of ether oxygens (including phenoxy) is 1. The molecule has 4 aromatic rings. The van der Waals surface area contributed by atoms with Gasteiger partial charge in [0.2, 0.25) is 0 Å². The largest absolute Gasteiger partial charge is 0.449 e. The van der Waals surface area contributed by atoms with Crippen molar-refractivity contribution in [2.75, 3.05) is 13.2 Å². The molecular weight excluding hydrogens is 456 g/mol. The predicted octanol–water partition coefficient (Wildman–Crippen LogP) is 3.93. The van der Waals surface area contributed by atoms with Crippen LogP contribution in [0.4, 0.5) is 4.79 Å². The Bertz CT molecular complexity index is 1300. The van der Waals surface area contributed by atoms with E-state index in [0.29, 0.717) is 16.6 Å². The van der Waals surface area contributed by atoms with Crippen LogP contribution in [0.2, 0.25) is 5.15 Å². The van der Waals surface area contributed by atoms with Crippen LogP contribution in [-0.2, 0) is 4.74 Å². The summed E-state index contributed by atoms with van der Waals surface area (Å²) in [5, 5.41) is 23.8. The monoisotopic (exact) mass is 478 g/mol. The van der Waals surface area contributed by atoms with Crippen molar-refractivity contribution in [2.24, 2.45) is 0 Å². The number of H-pyrrole nitrogens is 1.